The Balaban J connectivity index is 1.61. The lowest BCUT2D eigenvalue weighted by molar-refractivity contribution is 0.126. The summed E-state index contributed by atoms with van der Waals surface area (Å²) < 4.78 is 5.38. The lowest BCUT2D eigenvalue weighted by Crippen LogP contribution is -2.45. The lowest BCUT2D eigenvalue weighted by Gasteiger charge is -2.32. The molecule has 0 aliphatic carbocycles. The van der Waals surface area contributed by atoms with E-state index in [1.165, 1.54) is 0 Å². The van der Waals surface area contributed by atoms with E-state index in [9.17, 15) is 0 Å². The van der Waals surface area contributed by atoms with Crippen molar-refractivity contribution in [1.82, 2.24) is 19.9 Å². The number of aromatic nitrogens is 2. The maximum Gasteiger partial charge on any atom is 0.241 e. The Morgan fingerprint density at radius 2 is 1.91 bits per heavy atom. The quantitative estimate of drug-likeness (QED) is 0.800. The maximum absolute atomic E-state index is 8.71. The highest BCUT2D eigenvalue weighted by Gasteiger charge is 2.19. The van der Waals surface area contributed by atoms with Crippen LogP contribution in [0.4, 0.5) is 0 Å². The van der Waals surface area contributed by atoms with Gasteiger partial charge in [0.2, 0.25) is 11.7 Å². The Hall–Kier alpha value is -2.23. The van der Waals surface area contributed by atoms with Crippen LogP contribution in [-0.4, -0.2) is 52.7 Å². The summed E-state index contributed by atoms with van der Waals surface area (Å²) >= 11 is 0. The monoisotopic (exact) mass is 297 g/mol. The smallest absolute Gasteiger partial charge is 0.241 e. The van der Waals surface area contributed by atoms with E-state index >= 15 is 0 Å². The molecule has 1 saturated heterocycles. The Kier molecular flexibility index (Phi) is 4.47. The average molecular weight is 297 g/mol. The SMILES string of the molecule is Cc1ccccc1-c1noc(CN2CCN(CC#N)CC2)n1. The molecule has 0 spiro atoms. The van der Waals surface area contributed by atoms with Crippen molar-refractivity contribution in [2.45, 2.75) is 13.5 Å². The highest BCUT2D eigenvalue weighted by atomic mass is 16.5. The zero-order chi connectivity index (χ0) is 15.4. The predicted octanol–water partition coefficient (Wildman–Crippen LogP) is 1.69. The second-order valence-corrected chi connectivity index (χ2v) is 5.54. The summed E-state index contributed by atoms with van der Waals surface area (Å²) in [7, 11) is 0. The highest BCUT2D eigenvalue weighted by molar-refractivity contribution is 5.58. The van der Waals surface area contributed by atoms with Gasteiger partial charge in [0.25, 0.3) is 0 Å². The zero-order valence-electron chi connectivity index (χ0n) is 12.7. The Bertz CT molecular complexity index is 667. The molecule has 3 rings (SSSR count). The first kappa shape index (κ1) is 14.7. The molecule has 1 aliphatic heterocycles. The number of rotatable bonds is 4. The molecule has 1 aromatic carbocycles. The van der Waals surface area contributed by atoms with Crippen LogP contribution < -0.4 is 0 Å². The van der Waals surface area contributed by atoms with E-state index in [0.29, 0.717) is 24.8 Å². The number of hydrogen-bond acceptors (Lipinski definition) is 6. The van der Waals surface area contributed by atoms with Gasteiger partial charge in [0, 0.05) is 31.7 Å². The van der Waals surface area contributed by atoms with E-state index in [2.05, 4.69) is 26.0 Å². The van der Waals surface area contributed by atoms with Crippen LogP contribution in [0.1, 0.15) is 11.5 Å². The van der Waals surface area contributed by atoms with Gasteiger partial charge in [-0.15, -0.1) is 0 Å². The predicted molar refractivity (Wildman–Crippen MR) is 81.8 cm³/mol. The second-order valence-electron chi connectivity index (χ2n) is 5.54. The van der Waals surface area contributed by atoms with Crippen LogP contribution in [0.3, 0.4) is 0 Å². The molecule has 1 fully saturated rings. The van der Waals surface area contributed by atoms with Crippen LogP contribution in [0.5, 0.6) is 0 Å². The summed E-state index contributed by atoms with van der Waals surface area (Å²) in [4.78, 5) is 8.94. The van der Waals surface area contributed by atoms with Gasteiger partial charge in [0.1, 0.15) is 0 Å². The Labute approximate surface area is 129 Å². The summed E-state index contributed by atoms with van der Waals surface area (Å²) in [5, 5.41) is 12.8. The minimum Gasteiger partial charge on any atom is -0.338 e. The molecule has 0 saturated carbocycles. The van der Waals surface area contributed by atoms with E-state index in [4.69, 9.17) is 9.78 Å². The van der Waals surface area contributed by atoms with E-state index < -0.39 is 0 Å². The molecule has 0 atom stereocenters. The molecule has 0 unspecified atom stereocenters. The molecule has 0 N–H and O–H groups in total. The largest absolute Gasteiger partial charge is 0.338 e. The van der Waals surface area contributed by atoms with Crippen LogP contribution in [0.2, 0.25) is 0 Å². The fraction of sp³-hybridized carbons (Fsp3) is 0.438. The van der Waals surface area contributed by atoms with Crippen LogP contribution in [0.15, 0.2) is 28.8 Å². The van der Waals surface area contributed by atoms with Gasteiger partial charge in [-0.05, 0) is 12.5 Å². The minimum absolute atomic E-state index is 0.506. The summed E-state index contributed by atoms with van der Waals surface area (Å²) in [6.07, 6.45) is 0. The number of benzene rings is 1. The van der Waals surface area contributed by atoms with Crippen molar-refractivity contribution in [1.29, 1.82) is 5.26 Å². The molecule has 6 nitrogen and oxygen atoms in total. The van der Waals surface area contributed by atoms with E-state index in [-0.39, 0.29) is 0 Å². The van der Waals surface area contributed by atoms with Crippen LogP contribution >= 0.6 is 0 Å². The second kappa shape index (κ2) is 6.69. The van der Waals surface area contributed by atoms with Gasteiger partial charge in [-0.2, -0.15) is 10.2 Å². The van der Waals surface area contributed by atoms with E-state index in [1.807, 2.05) is 31.2 Å². The summed E-state index contributed by atoms with van der Waals surface area (Å²) in [5.74, 6) is 1.29. The molecular formula is C16H19N5O. The third-order valence-electron chi connectivity index (χ3n) is 3.97. The maximum atomic E-state index is 8.71. The molecule has 6 heteroatoms. The van der Waals surface area contributed by atoms with Crippen molar-refractivity contribution in [3.63, 3.8) is 0 Å². The first-order chi connectivity index (χ1) is 10.8. The molecule has 1 aromatic heterocycles. The number of nitriles is 1. The highest BCUT2D eigenvalue weighted by Crippen LogP contribution is 2.20. The van der Waals surface area contributed by atoms with Crippen molar-refractivity contribution in [3.05, 3.63) is 35.7 Å². The van der Waals surface area contributed by atoms with Crippen molar-refractivity contribution in [2.75, 3.05) is 32.7 Å². The zero-order valence-corrected chi connectivity index (χ0v) is 12.7. The van der Waals surface area contributed by atoms with Gasteiger partial charge in [0.05, 0.1) is 19.2 Å². The fourth-order valence-electron chi connectivity index (χ4n) is 2.65. The normalized spacial score (nSPS) is 16.5. The summed E-state index contributed by atoms with van der Waals surface area (Å²) in [6.45, 7) is 6.87. The first-order valence-corrected chi connectivity index (χ1v) is 7.46. The van der Waals surface area contributed by atoms with Crippen LogP contribution in [0.25, 0.3) is 11.4 Å². The number of nitrogens with zero attached hydrogens (tertiary/aromatic N) is 5. The van der Waals surface area contributed by atoms with E-state index in [1.54, 1.807) is 0 Å². The van der Waals surface area contributed by atoms with Gasteiger partial charge in [0.15, 0.2) is 0 Å². The van der Waals surface area contributed by atoms with Gasteiger partial charge < -0.3 is 4.52 Å². The molecule has 1 aliphatic rings. The Morgan fingerprint density at radius 3 is 2.64 bits per heavy atom. The third kappa shape index (κ3) is 3.32. The van der Waals surface area contributed by atoms with Gasteiger partial charge >= 0.3 is 0 Å². The molecule has 0 bridgehead atoms. The number of aryl methyl sites for hydroxylation is 1. The van der Waals surface area contributed by atoms with Crippen molar-refractivity contribution >= 4 is 0 Å². The fourth-order valence-corrected chi connectivity index (χ4v) is 2.65. The Morgan fingerprint density at radius 1 is 1.18 bits per heavy atom. The van der Waals surface area contributed by atoms with Crippen LogP contribution in [0, 0.1) is 18.3 Å². The van der Waals surface area contributed by atoms with Gasteiger partial charge in [-0.1, -0.05) is 29.4 Å². The van der Waals surface area contributed by atoms with Crippen molar-refractivity contribution in [2.24, 2.45) is 0 Å². The molecule has 2 aromatic rings. The van der Waals surface area contributed by atoms with Crippen molar-refractivity contribution < 1.29 is 4.52 Å². The summed E-state index contributed by atoms with van der Waals surface area (Å²) in [5.41, 5.74) is 2.15. The van der Waals surface area contributed by atoms with E-state index in [0.717, 1.165) is 37.3 Å². The molecule has 22 heavy (non-hydrogen) atoms. The number of piperazine rings is 1. The molecule has 2 heterocycles. The van der Waals surface area contributed by atoms with Gasteiger partial charge in [-0.25, -0.2) is 0 Å². The third-order valence-corrected chi connectivity index (χ3v) is 3.97. The van der Waals surface area contributed by atoms with Gasteiger partial charge in [-0.3, -0.25) is 9.80 Å². The summed E-state index contributed by atoms with van der Waals surface area (Å²) in [6, 6.07) is 10.2. The minimum atomic E-state index is 0.506. The molecular weight excluding hydrogens is 278 g/mol. The topological polar surface area (TPSA) is 69.2 Å². The molecule has 0 radical (unpaired) electrons. The number of hydrogen-bond donors (Lipinski definition) is 0. The first-order valence-electron chi connectivity index (χ1n) is 7.46. The molecule has 114 valence electrons. The lowest BCUT2D eigenvalue weighted by atomic mass is 10.1. The average Bonchev–Trinajstić information content (AvgIpc) is 2.98. The standard InChI is InChI=1S/C16H19N5O/c1-13-4-2-3-5-14(13)16-18-15(22-19-16)12-21-10-8-20(7-6-17)9-11-21/h2-5H,7-12H2,1H3. The van der Waals surface area contributed by atoms with Crippen LogP contribution in [-0.2, 0) is 6.54 Å². The van der Waals surface area contributed by atoms with Crippen molar-refractivity contribution in [3.8, 4) is 17.5 Å². The molecule has 0 amide bonds.